The molecule has 7 aromatic rings. The van der Waals surface area contributed by atoms with Gasteiger partial charge in [0.15, 0.2) is 0 Å². The van der Waals surface area contributed by atoms with Crippen molar-refractivity contribution in [2.24, 2.45) is 0 Å². The Labute approximate surface area is 204 Å². The molecule has 0 radical (unpaired) electrons. The van der Waals surface area contributed by atoms with Gasteiger partial charge in [0.05, 0.1) is 11.2 Å². The van der Waals surface area contributed by atoms with E-state index in [1.165, 1.54) is 59.9 Å². The summed E-state index contributed by atoms with van der Waals surface area (Å²) in [6.07, 6.45) is 4.26. The zero-order valence-electron chi connectivity index (χ0n) is 20.0. The molecule has 7 rings (SSSR count). The van der Waals surface area contributed by atoms with Crippen LogP contribution in [-0.4, -0.2) is 9.38 Å². The third-order valence-electron chi connectivity index (χ3n) is 7.52. The van der Waals surface area contributed by atoms with E-state index in [0.29, 0.717) is 0 Å². The van der Waals surface area contributed by atoms with Crippen LogP contribution in [0.4, 0.5) is 0 Å². The Morgan fingerprint density at radius 3 is 2.03 bits per heavy atom. The van der Waals surface area contributed by atoms with Gasteiger partial charge in [0.25, 0.3) is 0 Å². The van der Waals surface area contributed by atoms with Crippen molar-refractivity contribution in [2.45, 2.75) is 26.7 Å². The average molecular weight is 451 g/mol. The molecule has 0 saturated carbocycles. The number of benzene rings is 5. The van der Waals surface area contributed by atoms with Gasteiger partial charge in [-0.1, -0.05) is 92.7 Å². The van der Waals surface area contributed by atoms with E-state index in [9.17, 15) is 0 Å². The van der Waals surface area contributed by atoms with Crippen LogP contribution in [0.15, 0.2) is 97.2 Å². The van der Waals surface area contributed by atoms with Crippen LogP contribution < -0.4 is 0 Å². The van der Waals surface area contributed by atoms with Gasteiger partial charge in [-0.2, -0.15) is 0 Å². The highest BCUT2D eigenvalue weighted by atomic mass is 15.0. The van der Waals surface area contributed by atoms with Gasteiger partial charge < -0.3 is 0 Å². The quantitative estimate of drug-likeness (QED) is 0.194. The molecule has 0 bridgehead atoms. The smallest absolute Gasteiger partial charge is 0.145 e. The lowest BCUT2D eigenvalue weighted by atomic mass is 9.95. The first kappa shape index (κ1) is 20.2. The van der Waals surface area contributed by atoms with Crippen LogP contribution in [0, 0.1) is 0 Å². The lowest BCUT2D eigenvalue weighted by Crippen LogP contribution is -1.94. The zero-order valence-corrected chi connectivity index (χ0v) is 20.0. The summed E-state index contributed by atoms with van der Waals surface area (Å²) in [5.74, 6) is 0. The van der Waals surface area contributed by atoms with E-state index < -0.39 is 0 Å². The van der Waals surface area contributed by atoms with Gasteiger partial charge in [-0.15, -0.1) is 0 Å². The second-order valence-corrected chi connectivity index (χ2v) is 9.41. The zero-order chi connectivity index (χ0) is 23.5. The number of nitrogens with zero attached hydrogens (tertiary/aromatic N) is 2. The van der Waals surface area contributed by atoms with Crippen LogP contribution in [0.5, 0.6) is 0 Å². The SMILES string of the molecule is CCc1cccc(CC)c1-c1cn2c(n1)c1ccccc1c1ccc3cc4ccccc4cc3c12. The van der Waals surface area contributed by atoms with Gasteiger partial charge in [0.1, 0.15) is 5.65 Å². The first-order chi connectivity index (χ1) is 17.3. The molecular formula is C33H26N2. The molecule has 2 heteroatoms. The van der Waals surface area contributed by atoms with Crippen LogP contribution in [0.1, 0.15) is 25.0 Å². The predicted molar refractivity (Wildman–Crippen MR) is 149 cm³/mol. The van der Waals surface area contributed by atoms with Crippen LogP contribution in [0.2, 0.25) is 0 Å². The minimum atomic E-state index is 0.994. The number of hydrogen-bond acceptors (Lipinski definition) is 1. The molecule has 0 N–H and O–H groups in total. The topological polar surface area (TPSA) is 17.3 Å². The van der Waals surface area contributed by atoms with Crippen molar-refractivity contribution in [3.63, 3.8) is 0 Å². The average Bonchev–Trinajstić information content (AvgIpc) is 3.36. The fourth-order valence-electron chi connectivity index (χ4n) is 5.82. The molecule has 5 aromatic carbocycles. The van der Waals surface area contributed by atoms with Crippen LogP contribution >= 0.6 is 0 Å². The van der Waals surface area contributed by atoms with Crippen molar-refractivity contribution in [3.05, 3.63) is 108 Å². The second-order valence-electron chi connectivity index (χ2n) is 9.41. The van der Waals surface area contributed by atoms with E-state index in [4.69, 9.17) is 4.98 Å². The monoisotopic (exact) mass is 450 g/mol. The van der Waals surface area contributed by atoms with Crippen LogP contribution in [0.25, 0.3) is 60.1 Å². The summed E-state index contributed by atoms with van der Waals surface area (Å²) in [5, 5.41) is 8.76. The van der Waals surface area contributed by atoms with Crippen molar-refractivity contribution in [1.29, 1.82) is 0 Å². The van der Waals surface area contributed by atoms with E-state index in [-0.39, 0.29) is 0 Å². The second kappa shape index (κ2) is 7.68. The molecule has 0 aliphatic carbocycles. The lowest BCUT2D eigenvalue weighted by molar-refractivity contribution is 1.09. The Hall–Kier alpha value is -4.17. The maximum absolute atomic E-state index is 5.31. The highest BCUT2D eigenvalue weighted by Crippen LogP contribution is 2.37. The minimum Gasteiger partial charge on any atom is -0.298 e. The Morgan fingerprint density at radius 2 is 1.29 bits per heavy atom. The van der Waals surface area contributed by atoms with E-state index in [2.05, 4.69) is 115 Å². The minimum absolute atomic E-state index is 0.994. The molecule has 168 valence electrons. The van der Waals surface area contributed by atoms with Gasteiger partial charge >= 0.3 is 0 Å². The predicted octanol–water partition coefficient (Wildman–Crippen LogP) is 8.74. The third-order valence-corrected chi connectivity index (χ3v) is 7.52. The molecule has 0 fully saturated rings. The first-order valence-electron chi connectivity index (χ1n) is 12.5. The van der Waals surface area contributed by atoms with Crippen molar-refractivity contribution in [1.82, 2.24) is 9.38 Å². The van der Waals surface area contributed by atoms with E-state index in [1.54, 1.807) is 0 Å². The van der Waals surface area contributed by atoms with Gasteiger partial charge in [-0.3, -0.25) is 4.40 Å². The van der Waals surface area contributed by atoms with Crippen LogP contribution in [0.3, 0.4) is 0 Å². The number of rotatable bonds is 3. The van der Waals surface area contributed by atoms with E-state index >= 15 is 0 Å². The molecule has 35 heavy (non-hydrogen) atoms. The van der Waals surface area contributed by atoms with Gasteiger partial charge in [0.2, 0.25) is 0 Å². The fourth-order valence-corrected chi connectivity index (χ4v) is 5.82. The third kappa shape index (κ3) is 2.93. The summed E-state index contributed by atoms with van der Waals surface area (Å²) < 4.78 is 2.34. The Balaban J connectivity index is 1.69. The Kier molecular flexibility index (Phi) is 4.44. The Bertz CT molecular complexity index is 1900. The van der Waals surface area contributed by atoms with Crippen molar-refractivity contribution < 1.29 is 0 Å². The van der Waals surface area contributed by atoms with Crippen LogP contribution in [-0.2, 0) is 12.8 Å². The standard InChI is InChI=1S/C33H26N2/c1-3-21-12-9-13-22(4-2)31(21)30-20-35-32-27(26-14-7-8-15-28(26)33(35)34-30)17-16-25-18-23-10-5-6-11-24(23)19-29(25)32/h5-20H,3-4H2,1-2H3. The summed E-state index contributed by atoms with van der Waals surface area (Å²) in [6, 6.07) is 33.2. The highest BCUT2D eigenvalue weighted by molar-refractivity contribution is 6.20. The summed E-state index contributed by atoms with van der Waals surface area (Å²) >= 11 is 0. The molecule has 2 nitrogen and oxygen atoms in total. The number of hydrogen-bond donors (Lipinski definition) is 0. The van der Waals surface area contributed by atoms with Gasteiger partial charge in [-0.25, -0.2) is 4.98 Å². The van der Waals surface area contributed by atoms with E-state index in [0.717, 1.165) is 24.2 Å². The number of aryl methyl sites for hydroxylation is 2. The summed E-state index contributed by atoms with van der Waals surface area (Å²) in [6.45, 7) is 4.47. The maximum Gasteiger partial charge on any atom is 0.145 e. The van der Waals surface area contributed by atoms with Crippen molar-refractivity contribution >= 4 is 48.9 Å². The lowest BCUT2D eigenvalue weighted by Gasteiger charge is -2.12. The molecule has 2 aromatic heterocycles. The van der Waals surface area contributed by atoms with Crippen molar-refractivity contribution in [3.8, 4) is 11.3 Å². The molecule has 0 spiro atoms. The van der Waals surface area contributed by atoms with E-state index in [1.807, 2.05) is 0 Å². The first-order valence-corrected chi connectivity index (χ1v) is 12.5. The molecular weight excluding hydrogens is 424 g/mol. The van der Waals surface area contributed by atoms with Gasteiger partial charge in [-0.05, 0) is 57.6 Å². The molecule has 0 aliphatic rings. The number of aromatic nitrogens is 2. The van der Waals surface area contributed by atoms with Crippen molar-refractivity contribution in [2.75, 3.05) is 0 Å². The largest absolute Gasteiger partial charge is 0.298 e. The number of fused-ring (bicyclic) bond motifs is 9. The molecule has 2 heterocycles. The Morgan fingerprint density at radius 1 is 0.600 bits per heavy atom. The number of pyridine rings is 1. The molecule has 0 saturated heterocycles. The molecule has 0 amide bonds. The normalized spacial score (nSPS) is 11.9. The highest BCUT2D eigenvalue weighted by Gasteiger charge is 2.17. The fraction of sp³-hybridized carbons (Fsp3) is 0.121. The molecule has 0 unspecified atom stereocenters. The summed E-state index contributed by atoms with van der Waals surface area (Å²) in [5.41, 5.74) is 7.33. The molecule has 0 atom stereocenters. The van der Waals surface area contributed by atoms with Gasteiger partial charge in [0, 0.05) is 27.9 Å². The maximum atomic E-state index is 5.31. The summed E-state index contributed by atoms with van der Waals surface area (Å²) in [4.78, 5) is 5.31. The number of imidazole rings is 1. The molecule has 0 aliphatic heterocycles. The summed E-state index contributed by atoms with van der Waals surface area (Å²) in [7, 11) is 0.